The Kier molecular flexibility index (Phi) is 8.27. The van der Waals surface area contributed by atoms with Gasteiger partial charge < -0.3 is 14.5 Å². The Labute approximate surface area is 224 Å². The highest BCUT2D eigenvalue weighted by Gasteiger charge is 2.32. The lowest BCUT2D eigenvalue weighted by molar-refractivity contribution is -0.118. The first-order chi connectivity index (χ1) is 17.5. The lowest BCUT2D eigenvalue weighted by atomic mass is 9.94. The second-order valence-electron chi connectivity index (χ2n) is 11.1. The molecule has 2 aliphatic rings. The average molecular weight is 525 g/mol. The van der Waals surface area contributed by atoms with Crippen LogP contribution in [0, 0.1) is 6.92 Å². The number of carbonyl (C=O) groups is 3. The topological polar surface area (TPSA) is 66.9 Å². The van der Waals surface area contributed by atoms with Gasteiger partial charge in [0.05, 0.1) is 5.69 Å². The lowest BCUT2D eigenvalue weighted by Gasteiger charge is -2.28. The van der Waals surface area contributed by atoms with Gasteiger partial charge in [0.15, 0.2) is 5.78 Å². The summed E-state index contributed by atoms with van der Waals surface area (Å²) in [5.74, 6) is 0.300. The number of rotatable bonds is 9. The van der Waals surface area contributed by atoms with Gasteiger partial charge >= 0.3 is 6.09 Å². The number of ketones is 1. The summed E-state index contributed by atoms with van der Waals surface area (Å²) in [4.78, 5) is 41.7. The number of amides is 2. The molecule has 198 valence electrons. The zero-order valence-electron chi connectivity index (χ0n) is 22.4. The molecule has 2 aliphatic heterocycles. The van der Waals surface area contributed by atoms with Gasteiger partial charge in [0.25, 0.3) is 0 Å². The number of hydrogen-bond acceptors (Lipinski definition) is 4. The second kappa shape index (κ2) is 11.3. The molecule has 2 aromatic carbocycles. The van der Waals surface area contributed by atoms with Crippen LogP contribution in [0.25, 0.3) is 0 Å². The maximum absolute atomic E-state index is 13.0. The van der Waals surface area contributed by atoms with Gasteiger partial charge in [-0.15, -0.1) is 0 Å². The lowest BCUT2D eigenvalue weighted by Crippen LogP contribution is -2.38. The fraction of sp³-hybridized carbons (Fsp3) is 0.500. The number of hydrogen-bond donors (Lipinski definition) is 0. The number of unbranched alkanes of at least 4 members (excludes halogenated alkanes) is 1. The first-order valence-electron chi connectivity index (χ1n) is 13.2. The molecule has 2 amide bonds. The number of Topliss-reactive ketones (excluding diaryl/α,β-unsaturated/α-hetero) is 1. The van der Waals surface area contributed by atoms with Crippen LogP contribution >= 0.6 is 11.6 Å². The van der Waals surface area contributed by atoms with Crippen LogP contribution in [-0.2, 0) is 28.8 Å². The largest absolute Gasteiger partial charge is 0.444 e. The van der Waals surface area contributed by atoms with E-state index in [1.807, 2.05) is 62.9 Å². The molecule has 0 aromatic heterocycles. The predicted molar refractivity (Wildman–Crippen MR) is 147 cm³/mol. The minimum absolute atomic E-state index is 0.116. The standard InChI is InChI=1S/C30H37ClN2O4/c1-20-8-7-9-25(31)24(20)14-16-32(29(36)37-30(2,3)4)15-6-5-10-26(34)23-18-21-11-12-27(35)33-17-13-22(19-23)28(21)33/h7-9,18-19H,5-6,10-17H2,1-4H3. The van der Waals surface area contributed by atoms with Gasteiger partial charge in [-0.25, -0.2) is 4.79 Å². The van der Waals surface area contributed by atoms with E-state index in [9.17, 15) is 14.4 Å². The Bertz CT molecular complexity index is 1180. The second-order valence-corrected chi connectivity index (χ2v) is 11.5. The molecule has 0 fully saturated rings. The van der Waals surface area contributed by atoms with Crippen LogP contribution in [0.2, 0.25) is 5.02 Å². The van der Waals surface area contributed by atoms with E-state index in [0.717, 1.165) is 39.9 Å². The molecule has 6 nitrogen and oxygen atoms in total. The number of halogens is 1. The van der Waals surface area contributed by atoms with E-state index in [2.05, 4.69) is 0 Å². The molecule has 7 heteroatoms. The Morgan fingerprint density at radius 3 is 2.49 bits per heavy atom. The van der Waals surface area contributed by atoms with Crippen molar-refractivity contribution < 1.29 is 19.1 Å². The van der Waals surface area contributed by atoms with Crippen molar-refractivity contribution in [3.05, 3.63) is 63.2 Å². The molecule has 0 N–H and O–H groups in total. The Balaban J connectivity index is 1.35. The summed E-state index contributed by atoms with van der Waals surface area (Å²) in [6, 6.07) is 9.77. The molecule has 0 saturated carbocycles. The van der Waals surface area contributed by atoms with E-state index < -0.39 is 5.60 Å². The van der Waals surface area contributed by atoms with Crippen LogP contribution in [0.15, 0.2) is 30.3 Å². The van der Waals surface area contributed by atoms with Crippen molar-refractivity contribution in [2.75, 3.05) is 24.5 Å². The van der Waals surface area contributed by atoms with Gasteiger partial charge in [0.1, 0.15) is 5.60 Å². The fourth-order valence-electron chi connectivity index (χ4n) is 5.20. The molecule has 0 unspecified atom stereocenters. The van der Waals surface area contributed by atoms with Gasteiger partial charge in [0.2, 0.25) is 5.91 Å². The maximum atomic E-state index is 13.0. The minimum Gasteiger partial charge on any atom is -0.444 e. The third kappa shape index (κ3) is 6.53. The predicted octanol–water partition coefficient (Wildman–Crippen LogP) is 6.32. The molecule has 37 heavy (non-hydrogen) atoms. The monoisotopic (exact) mass is 524 g/mol. The molecule has 2 heterocycles. The van der Waals surface area contributed by atoms with Crippen molar-refractivity contribution in [3.63, 3.8) is 0 Å². The average Bonchev–Trinajstić information content (AvgIpc) is 3.26. The fourth-order valence-corrected chi connectivity index (χ4v) is 5.52. The SMILES string of the molecule is Cc1cccc(Cl)c1CCN(CCCCC(=O)c1cc2c3c(c1)CCN3C(=O)CC2)C(=O)OC(C)(C)C. The molecule has 0 spiro atoms. The minimum atomic E-state index is -0.584. The van der Waals surface area contributed by atoms with Crippen molar-refractivity contribution in [2.24, 2.45) is 0 Å². The van der Waals surface area contributed by atoms with E-state index in [1.165, 1.54) is 0 Å². The summed E-state index contributed by atoms with van der Waals surface area (Å²) in [6.07, 6.45) is 4.12. The van der Waals surface area contributed by atoms with Gasteiger partial charge in [-0.2, -0.15) is 0 Å². The van der Waals surface area contributed by atoms with Crippen molar-refractivity contribution in [1.82, 2.24) is 4.90 Å². The number of benzene rings is 2. The quantitative estimate of drug-likeness (QED) is 0.284. The number of ether oxygens (including phenoxy) is 1. The van der Waals surface area contributed by atoms with E-state index in [4.69, 9.17) is 16.3 Å². The molecule has 0 saturated heterocycles. The first-order valence-corrected chi connectivity index (χ1v) is 13.6. The van der Waals surface area contributed by atoms with E-state index >= 15 is 0 Å². The van der Waals surface area contributed by atoms with Gasteiger partial charge in [0, 0.05) is 43.1 Å². The smallest absolute Gasteiger partial charge is 0.410 e. The van der Waals surface area contributed by atoms with Crippen molar-refractivity contribution in [3.8, 4) is 0 Å². The molecular weight excluding hydrogens is 488 g/mol. The van der Waals surface area contributed by atoms with Crippen molar-refractivity contribution in [2.45, 2.75) is 78.2 Å². The van der Waals surface area contributed by atoms with Crippen LogP contribution < -0.4 is 4.90 Å². The maximum Gasteiger partial charge on any atom is 0.410 e. The highest BCUT2D eigenvalue weighted by molar-refractivity contribution is 6.31. The number of carbonyl (C=O) groups excluding carboxylic acids is 3. The van der Waals surface area contributed by atoms with Crippen LogP contribution in [0.5, 0.6) is 0 Å². The van der Waals surface area contributed by atoms with Crippen molar-refractivity contribution >= 4 is 35.1 Å². The summed E-state index contributed by atoms with van der Waals surface area (Å²) >= 11 is 6.40. The third-order valence-electron chi connectivity index (χ3n) is 7.09. The Morgan fingerprint density at radius 1 is 1.05 bits per heavy atom. The normalized spacial score (nSPS) is 14.5. The van der Waals surface area contributed by atoms with Crippen molar-refractivity contribution in [1.29, 1.82) is 0 Å². The summed E-state index contributed by atoms with van der Waals surface area (Å²) in [6.45, 7) is 9.33. The molecule has 0 atom stereocenters. The summed E-state index contributed by atoms with van der Waals surface area (Å²) < 4.78 is 5.65. The highest BCUT2D eigenvalue weighted by atomic mass is 35.5. The summed E-state index contributed by atoms with van der Waals surface area (Å²) in [5, 5.41) is 0.704. The van der Waals surface area contributed by atoms with E-state index in [0.29, 0.717) is 63.2 Å². The van der Waals surface area contributed by atoms with Crippen LogP contribution in [0.3, 0.4) is 0 Å². The molecule has 2 aromatic rings. The third-order valence-corrected chi connectivity index (χ3v) is 7.45. The zero-order valence-corrected chi connectivity index (χ0v) is 23.1. The number of nitrogens with zero attached hydrogens (tertiary/aromatic N) is 2. The highest BCUT2D eigenvalue weighted by Crippen LogP contribution is 2.37. The van der Waals surface area contributed by atoms with Gasteiger partial charge in [-0.05, 0) is 100 Å². The van der Waals surface area contributed by atoms with E-state index in [1.54, 1.807) is 4.90 Å². The Morgan fingerprint density at radius 2 is 1.78 bits per heavy atom. The molecule has 4 rings (SSSR count). The molecule has 0 bridgehead atoms. The number of anilines is 1. The van der Waals surface area contributed by atoms with E-state index in [-0.39, 0.29) is 17.8 Å². The van der Waals surface area contributed by atoms with Gasteiger partial charge in [-0.3, -0.25) is 9.59 Å². The van der Waals surface area contributed by atoms with Gasteiger partial charge in [-0.1, -0.05) is 23.7 Å². The molecule has 0 radical (unpaired) electrons. The Hall–Kier alpha value is -2.86. The number of aryl methyl sites for hydroxylation is 2. The molecule has 0 aliphatic carbocycles. The molecular formula is C30H37ClN2O4. The van der Waals surface area contributed by atoms with Crippen LogP contribution in [-0.4, -0.2) is 47.9 Å². The summed E-state index contributed by atoms with van der Waals surface area (Å²) in [5.41, 5.74) is 5.55. The summed E-state index contributed by atoms with van der Waals surface area (Å²) in [7, 11) is 0. The first kappa shape index (κ1) is 27.2. The van der Waals surface area contributed by atoms with Crippen LogP contribution in [0.4, 0.5) is 10.5 Å². The zero-order chi connectivity index (χ0) is 26.7. The van der Waals surface area contributed by atoms with Crippen LogP contribution in [0.1, 0.15) is 79.1 Å².